The SMILES string of the molecule is CC(C)(O)CCCSc1cc(C(=O)Nc2cc(F)c(F)c(F)c2)ccc1F. The molecule has 3 nitrogen and oxygen atoms in total. The van der Waals surface area contributed by atoms with Crippen LogP contribution in [0.15, 0.2) is 35.2 Å². The fraction of sp³-hybridized carbons (Fsp3) is 0.316. The van der Waals surface area contributed by atoms with Crippen molar-refractivity contribution in [2.24, 2.45) is 0 Å². The summed E-state index contributed by atoms with van der Waals surface area (Å²) in [5, 5.41) is 11.9. The van der Waals surface area contributed by atoms with Crippen LogP contribution in [0.5, 0.6) is 0 Å². The van der Waals surface area contributed by atoms with E-state index in [-0.39, 0.29) is 16.1 Å². The molecule has 0 fully saturated rings. The van der Waals surface area contributed by atoms with Gasteiger partial charge in [-0.3, -0.25) is 4.79 Å². The van der Waals surface area contributed by atoms with Crippen molar-refractivity contribution in [3.05, 3.63) is 59.2 Å². The van der Waals surface area contributed by atoms with Gasteiger partial charge < -0.3 is 10.4 Å². The van der Waals surface area contributed by atoms with Gasteiger partial charge in [-0.05, 0) is 50.6 Å². The van der Waals surface area contributed by atoms with Crippen LogP contribution in [0, 0.1) is 23.3 Å². The quantitative estimate of drug-likeness (QED) is 0.292. The minimum absolute atomic E-state index is 0.0894. The Balaban J connectivity index is 2.06. The molecule has 8 heteroatoms. The van der Waals surface area contributed by atoms with Crippen molar-refractivity contribution in [2.45, 2.75) is 37.2 Å². The lowest BCUT2D eigenvalue weighted by Crippen LogP contribution is -2.18. The summed E-state index contributed by atoms with van der Waals surface area (Å²) in [6.07, 6.45) is 1.20. The van der Waals surface area contributed by atoms with Crippen molar-refractivity contribution < 1.29 is 27.5 Å². The standard InChI is InChI=1S/C19H19F4NO2S/c1-19(2,26)6-3-7-27-16-8-11(4-5-13(16)20)18(25)24-12-9-14(21)17(23)15(22)10-12/h4-5,8-10,26H,3,6-7H2,1-2H3,(H,24,25). The number of amides is 1. The maximum Gasteiger partial charge on any atom is 0.255 e. The molecule has 2 rings (SSSR count). The van der Waals surface area contributed by atoms with Crippen LogP contribution in [0.2, 0.25) is 0 Å². The fourth-order valence-corrected chi connectivity index (χ4v) is 3.20. The van der Waals surface area contributed by atoms with Gasteiger partial charge in [0.1, 0.15) is 5.82 Å². The first kappa shape index (κ1) is 21.2. The molecule has 2 N–H and O–H groups in total. The van der Waals surface area contributed by atoms with E-state index in [9.17, 15) is 27.5 Å². The Kier molecular flexibility index (Phi) is 6.89. The van der Waals surface area contributed by atoms with Crippen LogP contribution < -0.4 is 5.32 Å². The average molecular weight is 401 g/mol. The van der Waals surface area contributed by atoms with Crippen molar-refractivity contribution in [2.75, 3.05) is 11.1 Å². The molecule has 0 aromatic heterocycles. The number of carbonyl (C=O) groups is 1. The number of halogens is 4. The maximum atomic E-state index is 13.9. The molecule has 1 amide bonds. The summed E-state index contributed by atoms with van der Waals surface area (Å²) in [5.74, 6) is -5.14. The van der Waals surface area contributed by atoms with Crippen molar-refractivity contribution >= 4 is 23.4 Å². The van der Waals surface area contributed by atoms with Crippen molar-refractivity contribution in [3.8, 4) is 0 Å². The maximum absolute atomic E-state index is 13.9. The van der Waals surface area contributed by atoms with E-state index >= 15 is 0 Å². The van der Waals surface area contributed by atoms with Crippen LogP contribution >= 0.6 is 11.8 Å². The molecule has 0 aliphatic rings. The molecular weight excluding hydrogens is 382 g/mol. The zero-order valence-electron chi connectivity index (χ0n) is 14.8. The van der Waals surface area contributed by atoms with E-state index < -0.39 is 34.8 Å². The second-order valence-corrected chi connectivity index (χ2v) is 7.75. The van der Waals surface area contributed by atoms with E-state index in [4.69, 9.17) is 0 Å². The molecule has 0 saturated heterocycles. The normalized spacial score (nSPS) is 11.5. The Labute approximate surface area is 158 Å². The van der Waals surface area contributed by atoms with Gasteiger partial charge in [0.2, 0.25) is 0 Å². The largest absolute Gasteiger partial charge is 0.390 e. The Morgan fingerprint density at radius 2 is 1.70 bits per heavy atom. The van der Waals surface area contributed by atoms with E-state index in [0.717, 1.165) is 6.07 Å². The zero-order chi connectivity index (χ0) is 20.2. The summed E-state index contributed by atoms with van der Waals surface area (Å²) in [6, 6.07) is 5.01. The summed E-state index contributed by atoms with van der Waals surface area (Å²) < 4.78 is 53.4. The molecular formula is C19H19F4NO2S. The molecule has 27 heavy (non-hydrogen) atoms. The number of hydrogen-bond donors (Lipinski definition) is 2. The van der Waals surface area contributed by atoms with E-state index in [1.54, 1.807) is 13.8 Å². The summed E-state index contributed by atoms with van der Waals surface area (Å²) in [5.41, 5.74) is -0.966. The summed E-state index contributed by atoms with van der Waals surface area (Å²) in [7, 11) is 0. The second kappa shape index (κ2) is 8.75. The van der Waals surface area contributed by atoms with E-state index in [0.29, 0.717) is 30.7 Å². The average Bonchev–Trinajstić information content (AvgIpc) is 2.57. The van der Waals surface area contributed by atoms with E-state index in [1.807, 2.05) is 0 Å². The number of thioether (sulfide) groups is 1. The van der Waals surface area contributed by atoms with Crippen LogP contribution in [-0.2, 0) is 0 Å². The molecule has 0 saturated carbocycles. The number of rotatable bonds is 7. The van der Waals surface area contributed by atoms with Crippen LogP contribution in [0.4, 0.5) is 23.2 Å². The van der Waals surface area contributed by atoms with Gasteiger partial charge >= 0.3 is 0 Å². The molecule has 0 unspecified atom stereocenters. The molecule has 0 atom stereocenters. The monoisotopic (exact) mass is 401 g/mol. The van der Waals surface area contributed by atoms with Gasteiger partial charge in [0.05, 0.1) is 5.60 Å². The topological polar surface area (TPSA) is 49.3 Å². The highest BCUT2D eigenvalue weighted by molar-refractivity contribution is 7.99. The van der Waals surface area contributed by atoms with Crippen molar-refractivity contribution in [1.82, 2.24) is 0 Å². The zero-order valence-corrected chi connectivity index (χ0v) is 15.6. The third kappa shape index (κ3) is 6.25. The number of hydrogen-bond acceptors (Lipinski definition) is 3. The van der Waals surface area contributed by atoms with Gasteiger partial charge in [-0.1, -0.05) is 0 Å². The smallest absolute Gasteiger partial charge is 0.255 e. The molecule has 0 radical (unpaired) electrons. The van der Waals surface area contributed by atoms with E-state index in [1.165, 1.54) is 23.9 Å². The number of anilines is 1. The lowest BCUT2D eigenvalue weighted by Gasteiger charge is -2.16. The molecule has 2 aromatic rings. The predicted octanol–water partition coefficient (Wildman–Crippen LogP) is 5.14. The number of benzene rings is 2. The molecule has 0 spiro atoms. The minimum atomic E-state index is -1.63. The number of nitrogens with one attached hydrogen (secondary N) is 1. The third-order valence-corrected chi connectivity index (χ3v) is 4.74. The van der Waals surface area contributed by atoms with Gasteiger partial charge in [0.15, 0.2) is 17.5 Å². The molecule has 0 heterocycles. The lowest BCUT2D eigenvalue weighted by atomic mass is 10.0. The minimum Gasteiger partial charge on any atom is -0.390 e. The molecule has 146 valence electrons. The van der Waals surface area contributed by atoms with Crippen LogP contribution in [0.3, 0.4) is 0 Å². The van der Waals surface area contributed by atoms with Gasteiger partial charge in [-0.2, -0.15) is 0 Å². The van der Waals surface area contributed by atoms with Gasteiger partial charge in [-0.15, -0.1) is 11.8 Å². The van der Waals surface area contributed by atoms with Crippen LogP contribution in [-0.4, -0.2) is 22.4 Å². The Morgan fingerprint density at radius 3 is 2.30 bits per heavy atom. The highest BCUT2D eigenvalue weighted by Gasteiger charge is 2.15. The van der Waals surface area contributed by atoms with Gasteiger partial charge in [0, 0.05) is 28.3 Å². The highest BCUT2D eigenvalue weighted by atomic mass is 32.2. The first-order valence-electron chi connectivity index (χ1n) is 8.17. The van der Waals surface area contributed by atoms with Crippen molar-refractivity contribution in [1.29, 1.82) is 0 Å². The predicted molar refractivity (Wildman–Crippen MR) is 96.9 cm³/mol. The summed E-state index contributed by atoms with van der Waals surface area (Å²) in [4.78, 5) is 12.5. The molecule has 0 aliphatic carbocycles. The highest BCUT2D eigenvalue weighted by Crippen LogP contribution is 2.26. The Morgan fingerprint density at radius 1 is 1.07 bits per heavy atom. The number of aliphatic hydroxyl groups is 1. The molecule has 0 bridgehead atoms. The van der Waals surface area contributed by atoms with Gasteiger partial charge in [-0.25, -0.2) is 17.6 Å². The van der Waals surface area contributed by atoms with Crippen molar-refractivity contribution in [3.63, 3.8) is 0 Å². The van der Waals surface area contributed by atoms with E-state index in [2.05, 4.69) is 5.32 Å². The first-order chi connectivity index (χ1) is 12.6. The fourth-order valence-electron chi connectivity index (χ4n) is 2.27. The number of carbonyl (C=O) groups excluding carboxylic acids is 1. The third-order valence-electron chi connectivity index (χ3n) is 3.63. The molecule has 2 aromatic carbocycles. The Hall–Kier alpha value is -2.06. The van der Waals surface area contributed by atoms with Crippen LogP contribution in [0.25, 0.3) is 0 Å². The van der Waals surface area contributed by atoms with Crippen LogP contribution in [0.1, 0.15) is 37.0 Å². The summed E-state index contributed by atoms with van der Waals surface area (Å²) in [6.45, 7) is 3.37. The van der Waals surface area contributed by atoms with Gasteiger partial charge in [0.25, 0.3) is 5.91 Å². The second-order valence-electron chi connectivity index (χ2n) is 6.62. The first-order valence-corrected chi connectivity index (χ1v) is 9.16. The Bertz CT molecular complexity index is 814. The lowest BCUT2D eigenvalue weighted by molar-refractivity contribution is 0.0706. The summed E-state index contributed by atoms with van der Waals surface area (Å²) >= 11 is 1.20. The molecule has 0 aliphatic heterocycles.